The van der Waals surface area contributed by atoms with E-state index < -0.39 is 0 Å². The van der Waals surface area contributed by atoms with Gasteiger partial charge in [-0.3, -0.25) is 14.8 Å². The number of anilines is 6. The second-order valence-corrected chi connectivity index (χ2v) is 34.6. The van der Waals surface area contributed by atoms with Gasteiger partial charge in [0, 0.05) is 88.4 Å². The lowest BCUT2D eigenvalue weighted by atomic mass is 10.0. The molecule has 0 aliphatic carbocycles. The fourth-order valence-electron chi connectivity index (χ4n) is 15.0. The number of aromatic amines is 2. The predicted octanol–water partition coefficient (Wildman–Crippen LogP) is 23.0. The maximum absolute atomic E-state index is 11.1. The van der Waals surface area contributed by atoms with Crippen molar-refractivity contribution in [2.24, 2.45) is 27.2 Å². The van der Waals surface area contributed by atoms with Crippen LogP contribution in [0.25, 0.3) is 74.7 Å². The maximum atomic E-state index is 11.1. The molecule has 0 atom stereocenters. The number of rotatable bonds is 1. The van der Waals surface area contributed by atoms with E-state index in [2.05, 4.69) is 293 Å². The number of amides is 1. The number of nitrogens with one attached hydrogen (secondary N) is 5. The number of fused-ring (bicyclic) bond motifs is 12. The summed E-state index contributed by atoms with van der Waals surface area (Å²) in [5.41, 5.74) is 71.7. The Labute approximate surface area is 767 Å². The van der Waals surface area contributed by atoms with Crippen molar-refractivity contribution >= 4 is 150 Å². The molecule has 13 aromatic carbocycles. The van der Waals surface area contributed by atoms with E-state index in [1.54, 1.807) is 0 Å². The van der Waals surface area contributed by atoms with Gasteiger partial charge in [-0.1, -0.05) is 194 Å². The van der Waals surface area contributed by atoms with Crippen LogP contribution in [0.15, 0.2) is 280 Å². The van der Waals surface area contributed by atoms with E-state index in [1.165, 1.54) is 162 Å². The third-order valence-electron chi connectivity index (χ3n) is 22.1. The van der Waals surface area contributed by atoms with Crippen LogP contribution >= 0.6 is 23.1 Å². The van der Waals surface area contributed by atoms with Crippen molar-refractivity contribution in [3.63, 3.8) is 0 Å². The standard InChI is InChI=1S/C12H13N.2C9H10N2.C9H9NO.C9H11N.C9H9N.C9H11N.C9H9N.2C8H8N2O.2C8H8N2S/c1-9-2-4-11-5-3-10(8-13)7-12(11)6-9;1-6-2-3-8-7(4-6)5-11-9(8)10;1-6-2-3-7-5-11-9(10)8(7)4-6;1-6-2-3-7-5-10-9(11)8(7)4-6;2*1-7-2-3-9-8(6-7)4-5-10-9;2*1-7-2-3-8-4-5-10-9(8)6-7;1-5-2-3-7-6(4-5)8(9)10-11-7;1-5-2-3-6-7(4-5)11-10-8(6)9;1-5-2-3-7-6(4-5)8(9)10-11-7;1-5-2-3-6-7(4-5)11-10-8(6)9/h2-7H,8,13H2,1H3;2*2-4H,5H2,1H3,(H2,10,11);2-4H,5H2,1H3,(H,10,11);2-3,6,10H,4-5H2,1H3;2-6,10H,1H3;2-3,6,10H,4-5H2,1H3;2-6,10H,1H3;4*2-4H,1H3,(H2,9,10). The highest BCUT2D eigenvalue weighted by molar-refractivity contribution is 7.14. The number of H-pyrrole nitrogens is 2. The van der Waals surface area contributed by atoms with Crippen LogP contribution in [-0.2, 0) is 39.0 Å². The van der Waals surface area contributed by atoms with Crippen LogP contribution in [0.5, 0.6) is 0 Å². The summed E-state index contributed by atoms with van der Waals surface area (Å²) >= 11 is 2.90. The van der Waals surface area contributed by atoms with Gasteiger partial charge in [-0.25, -0.2) is 0 Å². The molecule has 0 fully saturated rings. The van der Waals surface area contributed by atoms with Crippen molar-refractivity contribution in [3.05, 3.63) is 378 Å². The number of benzene rings is 13. The first-order valence-electron chi connectivity index (χ1n) is 43.2. The minimum atomic E-state index is 0.0590. The molecule has 5 aliphatic rings. The van der Waals surface area contributed by atoms with Gasteiger partial charge >= 0.3 is 0 Å². The first-order valence-corrected chi connectivity index (χ1v) is 44.8. The van der Waals surface area contributed by atoms with Gasteiger partial charge < -0.3 is 75.1 Å². The maximum Gasteiger partial charge on any atom is 0.251 e. The van der Waals surface area contributed by atoms with Gasteiger partial charge in [0.1, 0.15) is 23.3 Å². The van der Waals surface area contributed by atoms with E-state index in [0.29, 0.717) is 48.0 Å². The first-order chi connectivity index (χ1) is 62.6. The SMILES string of the molecule is Cc1ccc2[nH]ccc2c1.Cc1ccc2c(N)noc2c1.Cc1ccc2c(N)nsc2c1.Cc1ccc2c(c1)C(=O)NC2.Cc1ccc2c(c1)C(N)=NC2.Cc1ccc2c(c1)CCN2.Cc1ccc2c(c1)CN=C2N.Cc1ccc2c(c1)NCC2.Cc1ccc2cc[nH]c2c1.Cc1ccc2ccc(CN)cc2c1.Cc1ccc2onc(N)c2c1.Cc1ccc2snc(N)c2c1. The van der Waals surface area contributed by atoms with E-state index in [0.717, 1.165) is 103 Å². The molecule has 11 heterocycles. The summed E-state index contributed by atoms with van der Waals surface area (Å²) < 4.78 is 20.3. The second-order valence-electron chi connectivity index (χ2n) is 33.0. The van der Waals surface area contributed by atoms with Gasteiger partial charge in [0.15, 0.2) is 22.8 Å². The van der Waals surface area contributed by atoms with Gasteiger partial charge in [-0.2, -0.15) is 8.75 Å². The summed E-state index contributed by atoms with van der Waals surface area (Å²) in [6.45, 7) is 29.9. The van der Waals surface area contributed by atoms with E-state index >= 15 is 0 Å². The average molecular weight is 1760 g/mol. The fourth-order valence-corrected chi connectivity index (χ4v) is 16.5. The number of carbonyl (C=O) groups is 1. The number of aryl methyl sites for hydroxylation is 12. The summed E-state index contributed by atoms with van der Waals surface area (Å²) in [6.07, 6.45) is 6.31. The predicted molar refractivity (Wildman–Crippen MR) is 547 cm³/mol. The number of amidine groups is 2. The van der Waals surface area contributed by atoms with E-state index in [9.17, 15) is 4.79 Å². The molecule has 23 heteroatoms. The molecular weight excluding hydrogens is 1650 g/mol. The number of nitrogen functional groups attached to an aromatic ring is 4. The minimum Gasteiger partial charge on any atom is -0.384 e. The van der Waals surface area contributed by atoms with Crippen LogP contribution < -0.4 is 56.1 Å². The van der Waals surface area contributed by atoms with Crippen LogP contribution in [0.2, 0.25) is 0 Å². The van der Waals surface area contributed by atoms with Crippen molar-refractivity contribution in [1.82, 2.24) is 34.3 Å². The molecule has 0 bridgehead atoms. The molecule has 6 aromatic heterocycles. The van der Waals surface area contributed by atoms with E-state index in [4.69, 9.17) is 49.2 Å². The Morgan fingerprint density at radius 3 is 1.56 bits per heavy atom. The highest BCUT2D eigenvalue weighted by Crippen LogP contribution is 2.30. The Morgan fingerprint density at radius 1 is 0.331 bits per heavy atom. The summed E-state index contributed by atoms with van der Waals surface area (Å²) in [6, 6.07) is 85.4. The number of aromatic nitrogens is 6. The summed E-state index contributed by atoms with van der Waals surface area (Å²) in [5, 5.41) is 25.8. The van der Waals surface area contributed by atoms with Crippen molar-refractivity contribution < 1.29 is 13.8 Å². The lowest BCUT2D eigenvalue weighted by molar-refractivity contribution is 0.0965. The van der Waals surface area contributed by atoms with Gasteiger partial charge in [-0.15, -0.1) is 0 Å². The van der Waals surface area contributed by atoms with Crippen molar-refractivity contribution in [3.8, 4) is 0 Å². The Bertz CT molecular complexity index is 6940. The molecule has 662 valence electrons. The number of nitrogens with zero attached hydrogens (tertiary/aromatic N) is 6. The lowest BCUT2D eigenvalue weighted by Gasteiger charge is -2.01. The molecule has 0 radical (unpaired) electrons. The van der Waals surface area contributed by atoms with Crippen LogP contribution in [0.1, 0.15) is 122 Å². The molecule has 0 saturated carbocycles. The smallest absolute Gasteiger partial charge is 0.251 e. The molecule has 130 heavy (non-hydrogen) atoms. The zero-order valence-corrected chi connectivity index (χ0v) is 77.4. The van der Waals surface area contributed by atoms with Gasteiger partial charge in [-0.05, 0) is 305 Å². The third kappa shape index (κ3) is 24.9. The molecule has 0 spiro atoms. The molecule has 1 amide bonds. The van der Waals surface area contributed by atoms with Crippen LogP contribution in [0, 0.1) is 83.1 Å². The number of hydrogen-bond donors (Lipinski definition) is 12. The first kappa shape index (κ1) is 92.7. The van der Waals surface area contributed by atoms with Gasteiger partial charge in [0.05, 0.1) is 33.3 Å². The Balaban J connectivity index is 0.000000121. The molecule has 0 unspecified atom stereocenters. The summed E-state index contributed by atoms with van der Waals surface area (Å²) in [7, 11) is 0. The zero-order chi connectivity index (χ0) is 92.1. The van der Waals surface area contributed by atoms with Crippen LogP contribution in [0.3, 0.4) is 0 Å². The quantitative estimate of drug-likeness (QED) is 0.0726. The number of aliphatic imine (C=N–C) groups is 2. The molecule has 0 saturated heterocycles. The highest BCUT2D eigenvalue weighted by Gasteiger charge is 2.19. The lowest BCUT2D eigenvalue weighted by Crippen LogP contribution is -2.12. The van der Waals surface area contributed by atoms with Gasteiger partial charge in [0.2, 0.25) is 0 Å². The molecule has 24 rings (SSSR count). The highest BCUT2D eigenvalue weighted by atomic mass is 32.1. The number of carbonyl (C=O) groups excluding carboxylic acids is 1. The van der Waals surface area contributed by atoms with E-state index in [-0.39, 0.29) is 5.91 Å². The molecule has 21 nitrogen and oxygen atoms in total. The molecule has 19 N–H and O–H groups in total. The Morgan fingerprint density at radius 2 is 0.823 bits per heavy atom. The molecule has 19 aromatic rings. The monoisotopic (exact) mass is 1760 g/mol. The van der Waals surface area contributed by atoms with Gasteiger partial charge in [0.25, 0.3) is 5.91 Å². The topological polar surface area (TPSA) is 369 Å². The Hall–Kier alpha value is -14.9. The van der Waals surface area contributed by atoms with Crippen LogP contribution in [0.4, 0.5) is 34.6 Å². The normalized spacial score (nSPS) is 12.2. The summed E-state index contributed by atoms with van der Waals surface area (Å²) in [5.74, 6) is 3.63. The Kier molecular flexibility index (Phi) is 31.1. The van der Waals surface area contributed by atoms with Crippen molar-refractivity contribution in [2.45, 2.75) is 122 Å². The minimum absolute atomic E-state index is 0.0590. The van der Waals surface area contributed by atoms with Crippen LogP contribution in [-0.4, -0.2) is 59.7 Å². The van der Waals surface area contributed by atoms with E-state index in [1.807, 2.05) is 106 Å². The molecular formula is C107H114N18O3S2. The zero-order valence-electron chi connectivity index (χ0n) is 75.7. The van der Waals surface area contributed by atoms with Crippen molar-refractivity contribution in [2.75, 3.05) is 46.7 Å². The second kappa shape index (κ2) is 43.5. The molecule has 5 aliphatic heterocycles. The number of hydrogen-bond acceptors (Lipinski definition) is 20. The number of nitrogens with two attached hydrogens (primary N) is 7. The fraction of sp³-hybridized carbons (Fsp3) is 0.187. The third-order valence-corrected chi connectivity index (χ3v) is 23.8. The summed E-state index contributed by atoms with van der Waals surface area (Å²) in [4.78, 5) is 25.7. The van der Waals surface area contributed by atoms with Crippen molar-refractivity contribution in [1.29, 1.82) is 0 Å². The largest absolute Gasteiger partial charge is 0.384 e. The average Bonchev–Trinajstić information content (AvgIpc) is 1.81.